The van der Waals surface area contributed by atoms with Gasteiger partial charge in [0.2, 0.25) is 5.91 Å². The van der Waals surface area contributed by atoms with Gasteiger partial charge in [-0.1, -0.05) is 29.8 Å². The van der Waals surface area contributed by atoms with Crippen LogP contribution in [0.2, 0.25) is 5.02 Å². The van der Waals surface area contributed by atoms with Crippen LogP contribution < -0.4 is 14.8 Å². The molecular weight excluding hydrogens is 302 g/mol. The predicted molar refractivity (Wildman–Crippen MR) is 86.5 cm³/mol. The molecule has 0 spiro atoms. The molecule has 2 rings (SSSR count). The van der Waals surface area contributed by atoms with E-state index in [4.69, 9.17) is 21.1 Å². The van der Waals surface area contributed by atoms with Gasteiger partial charge in [-0.2, -0.15) is 0 Å². The topological polar surface area (TPSA) is 47.6 Å². The van der Waals surface area contributed by atoms with Crippen molar-refractivity contribution in [1.29, 1.82) is 0 Å². The minimum Gasteiger partial charge on any atom is -0.493 e. The van der Waals surface area contributed by atoms with E-state index in [1.165, 1.54) is 0 Å². The lowest BCUT2D eigenvalue weighted by Gasteiger charge is -2.10. The van der Waals surface area contributed by atoms with Crippen LogP contribution in [-0.4, -0.2) is 20.1 Å². The Morgan fingerprint density at radius 2 is 1.82 bits per heavy atom. The fraction of sp³-hybridized carbons (Fsp3) is 0.235. The van der Waals surface area contributed by atoms with E-state index in [0.29, 0.717) is 29.5 Å². The molecule has 0 bridgehead atoms. The highest BCUT2D eigenvalue weighted by Gasteiger charge is 2.07. The van der Waals surface area contributed by atoms with Gasteiger partial charge in [0, 0.05) is 11.6 Å². The summed E-state index contributed by atoms with van der Waals surface area (Å²) in [5.41, 5.74) is 1.83. The quantitative estimate of drug-likeness (QED) is 0.889. The van der Waals surface area contributed by atoms with Crippen LogP contribution in [0.1, 0.15) is 11.1 Å². The van der Waals surface area contributed by atoms with Gasteiger partial charge < -0.3 is 14.8 Å². The standard InChI is InChI=1S/C17H18ClNO3/c1-21-15-7-6-13(9-16(15)22-2)11-19-17(20)10-12-4-3-5-14(18)8-12/h3-9H,10-11H2,1-2H3,(H,19,20). The summed E-state index contributed by atoms with van der Waals surface area (Å²) in [5, 5.41) is 3.51. The second kappa shape index (κ2) is 7.71. The van der Waals surface area contributed by atoms with E-state index in [2.05, 4.69) is 5.32 Å². The molecule has 116 valence electrons. The Morgan fingerprint density at radius 3 is 2.50 bits per heavy atom. The molecule has 0 unspecified atom stereocenters. The highest BCUT2D eigenvalue weighted by Crippen LogP contribution is 2.27. The Balaban J connectivity index is 1.93. The maximum atomic E-state index is 12.0. The Bertz CT molecular complexity index is 658. The first kappa shape index (κ1) is 16.2. The summed E-state index contributed by atoms with van der Waals surface area (Å²) in [5.74, 6) is 1.25. The summed E-state index contributed by atoms with van der Waals surface area (Å²) in [6, 6.07) is 12.8. The normalized spacial score (nSPS) is 10.1. The summed E-state index contributed by atoms with van der Waals surface area (Å²) in [4.78, 5) is 12.0. The second-order valence-corrected chi connectivity index (χ2v) is 5.21. The van der Waals surface area contributed by atoms with Crippen LogP contribution in [0.3, 0.4) is 0 Å². The second-order valence-electron chi connectivity index (χ2n) is 4.77. The van der Waals surface area contributed by atoms with Gasteiger partial charge in [0.15, 0.2) is 11.5 Å². The van der Waals surface area contributed by atoms with Crippen LogP contribution >= 0.6 is 11.6 Å². The number of benzene rings is 2. The SMILES string of the molecule is COc1ccc(CNC(=O)Cc2cccc(Cl)c2)cc1OC. The van der Waals surface area contributed by atoms with Gasteiger partial charge in [-0.15, -0.1) is 0 Å². The minimum atomic E-state index is -0.0583. The van der Waals surface area contributed by atoms with E-state index < -0.39 is 0 Å². The maximum absolute atomic E-state index is 12.0. The van der Waals surface area contributed by atoms with E-state index in [1.807, 2.05) is 30.3 Å². The smallest absolute Gasteiger partial charge is 0.224 e. The van der Waals surface area contributed by atoms with Crippen LogP contribution in [0.25, 0.3) is 0 Å². The zero-order valence-corrected chi connectivity index (χ0v) is 13.3. The summed E-state index contributed by atoms with van der Waals surface area (Å²) < 4.78 is 10.4. The number of carbonyl (C=O) groups is 1. The lowest BCUT2D eigenvalue weighted by atomic mass is 10.1. The van der Waals surface area contributed by atoms with Crippen molar-refractivity contribution in [2.75, 3.05) is 14.2 Å². The van der Waals surface area contributed by atoms with Crippen molar-refractivity contribution < 1.29 is 14.3 Å². The molecule has 0 aliphatic heterocycles. The molecule has 0 aliphatic carbocycles. The lowest BCUT2D eigenvalue weighted by molar-refractivity contribution is -0.120. The van der Waals surface area contributed by atoms with Crippen LogP contribution in [0.15, 0.2) is 42.5 Å². The third-order valence-corrected chi connectivity index (χ3v) is 3.43. The fourth-order valence-corrected chi connectivity index (χ4v) is 2.30. The number of halogens is 1. The first-order valence-corrected chi connectivity index (χ1v) is 7.22. The van der Waals surface area contributed by atoms with Crippen molar-refractivity contribution in [3.63, 3.8) is 0 Å². The van der Waals surface area contributed by atoms with Gasteiger partial charge >= 0.3 is 0 Å². The van der Waals surface area contributed by atoms with Crippen LogP contribution in [0.4, 0.5) is 0 Å². The number of rotatable bonds is 6. The molecule has 0 aromatic heterocycles. The summed E-state index contributed by atoms with van der Waals surface area (Å²) >= 11 is 5.91. The molecule has 0 heterocycles. The number of nitrogens with one attached hydrogen (secondary N) is 1. The van der Waals surface area contributed by atoms with Crippen LogP contribution in [0, 0.1) is 0 Å². The van der Waals surface area contributed by atoms with Gasteiger partial charge in [-0.05, 0) is 35.4 Å². The molecule has 0 radical (unpaired) electrons. The monoisotopic (exact) mass is 319 g/mol. The third-order valence-electron chi connectivity index (χ3n) is 3.19. The molecule has 0 fully saturated rings. The largest absolute Gasteiger partial charge is 0.493 e. The first-order chi connectivity index (χ1) is 10.6. The average Bonchev–Trinajstić information content (AvgIpc) is 2.52. The Kier molecular flexibility index (Phi) is 5.67. The fourth-order valence-electron chi connectivity index (χ4n) is 2.09. The molecule has 0 atom stereocenters. The predicted octanol–water partition coefficient (Wildman–Crippen LogP) is 3.22. The zero-order valence-electron chi connectivity index (χ0n) is 12.6. The van der Waals surface area contributed by atoms with Crippen molar-refractivity contribution in [1.82, 2.24) is 5.32 Å². The number of hydrogen-bond donors (Lipinski definition) is 1. The Labute approximate surface area is 135 Å². The summed E-state index contributed by atoms with van der Waals surface area (Å²) in [7, 11) is 3.17. The van der Waals surface area contributed by atoms with Crippen molar-refractivity contribution in [3.05, 3.63) is 58.6 Å². The molecule has 2 aromatic carbocycles. The van der Waals surface area contributed by atoms with Crippen molar-refractivity contribution in [2.45, 2.75) is 13.0 Å². The van der Waals surface area contributed by atoms with E-state index in [1.54, 1.807) is 26.4 Å². The molecule has 1 N–H and O–H groups in total. The molecule has 4 nitrogen and oxygen atoms in total. The first-order valence-electron chi connectivity index (χ1n) is 6.84. The molecule has 2 aromatic rings. The molecular formula is C17H18ClNO3. The number of hydrogen-bond acceptors (Lipinski definition) is 3. The van der Waals surface area contributed by atoms with Crippen molar-refractivity contribution >= 4 is 17.5 Å². The molecule has 0 saturated carbocycles. The van der Waals surface area contributed by atoms with Gasteiger partial charge in [0.05, 0.1) is 20.6 Å². The van der Waals surface area contributed by atoms with E-state index >= 15 is 0 Å². The Morgan fingerprint density at radius 1 is 1.05 bits per heavy atom. The number of amides is 1. The van der Waals surface area contributed by atoms with E-state index in [0.717, 1.165) is 11.1 Å². The summed E-state index contributed by atoms with van der Waals surface area (Å²) in [6.45, 7) is 0.430. The van der Waals surface area contributed by atoms with Crippen molar-refractivity contribution in [2.24, 2.45) is 0 Å². The Hall–Kier alpha value is -2.20. The third kappa shape index (κ3) is 4.40. The molecule has 0 saturated heterocycles. The highest BCUT2D eigenvalue weighted by molar-refractivity contribution is 6.30. The van der Waals surface area contributed by atoms with Gasteiger partial charge in [-0.25, -0.2) is 0 Å². The number of carbonyl (C=O) groups excluding carboxylic acids is 1. The van der Waals surface area contributed by atoms with Crippen LogP contribution in [0.5, 0.6) is 11.5 Å². The maximum Gasteiger partial charge on any atom is 0.224 e. The van der Waals surface area contributed by atoms with Crippen LogP contribution in [-0.2, 0) is 17.8 Å². The van der Waals surface area contributed by atoms with E-state index in [-0.39, 0.29) is 5.91 Å². The zero-order chi connectivity index (χ0) is 15.9. The number of methoxy groups -OCH3 is 2. The van der Waals surface area contributed by atoms with Gasteiger partial charge in [-0.3, -0.25) is 4.79 Å². The average molecular weight is 320 g/mol. The van der Waals surface area contributed by atoms with Gasteiger partial charge in [0.1, 0.15) is 0 Å². The molecule has 1 amide bonds. The molecule has 0 aliphatic rings. The molecule has 22 heavy (non-hydrogen) atoms. The van der Waals surface area contributed by atoms with Gasteiger partial charge in [0.25, 0.3) is 0 Å². The highest BCUT2D eigenvalue weighted by atomic mass is 35.5. The minimum absolute atomic E-state index is 0.0583. The van der Waals surface area contributed by atoms with E-state index in [9.17, 15) is 4.79 Å². The summed E-state index contributed by atoms with van der Waals surface area (Å²) in [6.07, 6.45) is 0.299. The molecule has 5 heteroatoms. The lowest BCUT2D eigenvalue weighted by Crippen LogP contribution is -2.24. The number of ether oxygens (including phenoxy) is 2. The van der Waals surface area contributed by atoms with Crippen molar-refractivity contribution in [3.8, 4) is 11.5 Å².